The van der Waals surface area contributed by atoms with Crippen LogP contribution in [0.5, 0.6) is 0 Å². The predicted octanol–water partition coefficient (Wildman–Crippen LogP) is 3.23. The lowest BCUT2D eigenvalue weighted by molar-refractivity contribution is 0.589. The van der Waals surface area contributed by atoms with Crippen LogP contribution in [-0.4, -0.2) is 56.0 Å². The average Bonchev–Trinajstić information content (AvgIpc) is 3.60. The first kappa shape index (κ1) is 19.0. The minimum Gasteiger partial charge on any atom is -0.368 e. The van der Waals surface area contributed by atoms with E-state index < -0.39 is 0 Å². The first-order valence-corrected chi connectivity index (χ1v) is 11.1. The van der Waals surface area contributed by atoms with E-state index in [-0.39, 0.29) is 0 Å². The van der Waals surface area contributed by atoms with Crippen molar-refractivity contribution in [1.29, 1.82) is 0 Å². The van der Waals surface area contributed by atoms with Gasteiger partial charge in [0.15, 0.2) is 0 Å². The molecule has 0 amide bonds. The van der Waals surface area contributed by atoms with E-state index in [1.54, 1.807) is 0 Å². The number of pyridine rings is 1. The van der Waals surface area contributed by atoms with Gasteiger partial charge in [-0.05, 0) is 43.0 Å². The van der Waals surface area contributed by atoms with Crippen LogP contribution in [0.4, 0.5) is 17.5 Å². The van der Waals surface area contributed by atoms with Crippen molar-refractivity contribution in [1.82, 2.24) is 35.1 Å². The topological polar surface area (TPSA) is 99.1 Å². The molecule has 6 rings (SSSR count). The molecule has 0 bridgehead atoms. The molecule has 0 atom stereocenters. The molecule has 4 aromatic heterocycles. The molecule has 0 saturated carbocycles. The largest absolute Gasteiger partial charge is 0.368 e. The lowest BCUT2D eigenvalue weighted by Crippen LogP contribution is -2.43. The first-order chi connectivity index (χ1) is 15.8. The van der Waals surface area contributed by atoms with Crippen molar-refractivity contribution in [3.63, 3.8) is 0 Å². The van der Waals surface area contributed by atoms with Gasteiger partial charge in [0.05, 0.1) is 35.5 Å². The van der Waals surface area contributed by atoms with Gasteiger partial charge in [0.2, 0.25) is 5.95 Å². The van der Waals surface area contributed by atoms with Gasteiger partial charge < -0.3 is 15.5 Å². The number of piperazine rings is 1. The summed E-state index contributed by atoms with van der Waals surface area (Å²) in [4.78, 5) is 11.5. The van der Waals surface area contributed by atoms with Gasteiger partial charge in [-0.25, -0.2) is 14.5 Å². The van der Waals surface area contributed by atoms with Crippen LogP contribution in [0.2, 0.25) is 0 Å². The van der Waals surface area contributed by atoms with Crippen LogP contribution in [0.25, 0.3) is 22.2 Å². The predicted molar refractivity (Wildman–Crippen MR) is 125 cm³/mol. The number of nitrogens with zero attached hydrogens (tertiary/aromatic N) is 6. The van der Waals surface area contributed by atoms with Gasteiger partial charge >= 0.3 is 0 Å². The third-order valence-electron chi connectivity index (χ3n) is 6.14. The van der Waals surface area contributed by atoms with Gasteiger partial charge in [-0.3, -0.25) is 5.10 Å². The number of nitrogens with one attached hydrogen (secondary N) is 3. The molecule has 1 saturated heterocycles. The Bertz CT molecular complexity index is 1250. The number of aromatic amines is 1. The number of fused-ring (bicyclic) bond motifs is 1. The minimum absolute atomic E-state index is 0.522. The summed E-state index contributed by atoms with van der Waals surface area (Å²) in [6.07, 6.45) is 13.2. The molecule has 1 aliphatic carbocycles. The van der Waals surface area contributed by atoms with Gasteiger partial charge in [-0.2, -0.15) is 5.10 Å². The first-order valence-electron chi connectivity index (χ1n) is 11.1. The molecule has 0 spiro atoms. The Morgan fingerprint density at radius 1 is 1.03 bits per heavy atom. The van der Waals surface area contributed by atoms with Gasteiger partial charge in [0.25, 0.3) is 0 Å². The second kappa shape index (κ2) is 8.08. The zero-order valence-electron chi connectivity index (χ0n) is 17.8. The molecule has 162 valence electrons. The van der Waals surface area contributed by atoms with Crippen LogP contribution in [0.15, 0.2) is 49.1 Å². The molecule has 3 N–H and O–H groups in total. The number of allylic oxidation sites excluding steroid dienone is 2. The molecule has 1 fully saturated rings. The second-order valence-electron chi connectivity index (χ2n) is 8.20. The molecule has 2 aliphatic rings. The molecule has 5 heterocycles. The van der Waals surface area contributed by atoms with Crippen LogP contribution in [0.1, 0.15) is 25.0 Å². The Labute approximate surface area is 185 Å². The highest BCUT2D eigenvalue weighted by Gasteiger charge is 2.20. The highest BCUT2D eigenvalue weighted by Crippen LogP contribution is 2.36. The van der Waals surface area contributed by atoms with Crippen molar-refractivity contribution in [3.8, 4) is 11.1 Å². The van der Waals surface area contributed by atoms with Gasteiger partial charge in [-0.1, -0.05) is 6.08 Å². The summed E-state index contributed by atoms with van der Waals surface area (Å²) >= 11 is 0. The van der Waals surface area contributed by atoms with Crippen molar-refractivity contribution in [2.75, 3.05) is 36.4 Å². The molecule has 9 nitrogen and oxygen atoms in total. The number of hydrogen-bond acceptors (Lipinski definition) is 7. The highest BCUT2D eigenvalue weighted by atomic mass is 15.3. The number of rotatable bonds is 5. The Hall–Kier alpha value is -3.72. The quantitative estimate of drug-likeness (QED) is 0.450. The van der Waals surface area contributed by atoms with Crippen molar-refractivity contribution in [2.45, 2.75) is 19.3 Å². The molecule has 0 unspecified atom stereocenters. The summed E-state index contributed by atoms with van der Waals surface area (Å²) in [5.41, 5.74) is 6.71. The van der Waals surface area contributed by atoms with Crippen LogP contribution >= 0.6 is 0 Å². The number of anilines is 3. The molecule has 4 aromatic rings. The maximum atomic E-state index is 4.82. The summed E-state index contributed by atoms with van der Waals surface area (Å²) in [5.74, 6) is 1.25. The maximum Gasteiger partial charge on any atom is 0.246 e. The molecular formula is C23H25N9. The molecular weight excluding hydrogens is 402 g/mol. The van der Waals surface area contributed by atoms with E-state index in [0.717, 1.165) is 72.9 Å². The number of H-pyrrole nitrogens is 1. The normalized spacial score (nSPS) is 16.5. The lowest BCUT2D eigenvalue weighted by atomic mass is 10.0. The summed E-state index contributed by atoms with van der Waals surface area (Å²) in [7, 11) is 0. The number of hydrogen-bond donors (Lipinski definition) is 3. The Morgan fingerprint density at radius 3 is 2.72 bits per heavy atom. The van der Waals surface area contributed by atoms with E-state index in [1.165, 1.54) is 12.0 Å². The standard InChI is InChI=1S/C23H25N9/c1-2-4-16(3-1)22-20(17-12-27-28-13-17)11-19-15-26-23(30-32(19)22)29-21-6-5-18(14-25-21)31-9-7-24-8-10-31/h3,5-6,11-15,24H,1-2,4,7-10H2,(H,27,28)(H,25,29,30). The van der Waals surface area contributed by atoms with E-state index in [2.05, 4.69) is 53.9 Å². The fourth-order valence-electron chi connectivity index (χ4n) is 4.52. The second-order valence-corrected chi connectivity index (χ2v) is 8.20. The monoisotopic (exact) mass is 427 g/mol. The van der Waals surface area contributed by atoms with E-state index >= 15 is 0 Å². The van der Waals surface area contributed by atoms with E-state index in [4.69, 9.17) is 5.10 Å². The molecule has 0 radical (unpaired) electrons. The molecule has 32 heavy (non-hydrogen) atoms. The summed E-state index contributed by atoms with van der Waals surface area (Å²) in [6, 6.07) is 6.21. The van der Waals surface area contributed by atoms with E-state index in [0.29, 0.717) is 5.95 Å². The van der Waals surface area contributed by atoms with Crippen LogP contribution in [0, 0.1) is 0 Å². The maximum absolute atomic E-state index is 4.82. The van der Waals surface area contributed by atoms with Crippen molar-refractivity contribution in [3.05, 3.63) is 54.8 Å². The Kier molecular flexibility index (Phi) is 4.80. The van der Waals surface area contributed by atoms with Crippen molar-refractivity contribution in [2.24, 2.45) is 0 Å². The van der Waals surface area contributed by atoms with Gasteiger partial charge in [-0.15, -0.1) is 5.10 Å². The van der Waals surface area contributed by atoms with Crippen molar-refractivity contribution < 1.29 is 0 Å². The highest BCUT2D eigenvalue weighted by molar-refractivity contribution is 5.84. The van der Waals surface area contributed by atoms with E-state index in [9.17, 15) is 0 Å². The Balaban J connectivity index is 1.32. The van der Waals surface area contributed by atoms with Gasteiger partial charge in [0, 0.05) is 43.5 Å². The van der Waals surface area contributed by atoms with Gasteiger partial charge in [0.1, 0.15) is 5.82 Å². The Morgan fingerprint density at radius 2 is 1.97 bits per heavy atom. The summed E-state index contributed by atoms with van der Waals surface area (Å²) < 4.78 is 1.99. The zero-order valence-corrected chi connectivity index (χ0v) is 17.8. The third-order valence-corrected chi connectivity index (χ3v) is 6.14. The minimum atomic E-state index is 0.522. The van der Waals surface area contributed by atoms with Crippen molar-refractivity contribution >= 4 is 28.5 Å². The van der Waals surface area contributed by atoms with Crippen LogP contribution in [0.3, 0.4) is 0 Å². The smallest absolute Gasteiger partial charge is 0.246 e. The van der Waals surface area contributed by atoms with Crippen LogP contribution < -0.4 is 15.5 Å². The fourth-order valence-corrected chi connectivity index (χ4v) is 4.52. The molecule has 0 aromatic carbocycles. The van der Waals surface area contributed by atoms with E-state index in [1.807, 2.05) is 35.4 Å². The number of aromatic nitrogens is 6. The molecule has 1 aliphatic heterocycles. The summed E-state index contributed by atoms with van der Waals surface area (Å²) in [5, 5.41) is 18.5. The molecule has 9 heteroatoms. The zero-order chi connectivity index (χ0) is 21.3. The third kappa shape index (κ3) is 3.50. The van der Waals surface area contributed by atoms with Crippen LogP contribution in [-0.2, 0) is 0 Å². The fraction of sp³-hybridized carbons (Fsp3) is 0.304. The average molecular weight is 428 g/mol. The SMILES string of the molecule is C1=C(c2c(-c3cn[nH]c3)cc3cnc(Nc4ccc(N5CCNCC5)cn4)nn23)CCC1. The summed E-state index contributed by atoms with van der Waals surface area (Å²) in [6.45, 7) is 4.01. The lowest BCUT2D eigenvalue weighted by Gasteiger charge is -2.29.